The first-order valence-electron chi connectivity index (χ1n) is 7.18. The lowest BCUT2D eigenvalue weighted by Crippen LogP contribution is -2.45. The molecule has 1 aliphatic carbocycles. The van der Waals surface area contributed by atoms with Crippen LogP contribution in [0.1, 0.15) is 31.2 Å². The Morgan fingerprint density at radius 1 is 1.40 bits per heavy atom. The monoisotopic (exact) mass is 289 g/mol. The number of rotatable bonds is 5. The molecule has 2 aromatic rings. The topological polar surface area (TPSA) is 29.9 Å². The van der Waals surface area contributed by atoms with Gasteiger partial charge >= 0.3 is 0 Å². The van der Waals surface area contributed by atoms with Crippen LogP contribution in [0.4, 0.5) is 0 Å². The summed E-state index contributed by atoms with van der Waals surface area (Å²) in [4.78, 5) is 4.07. The first kappa shape index (κ1) is 13.7. The average molecular weight is 290 g/mol. The van der Waals surface area contributed by atoms with Crippen LogP contribution >= 0.6 is 11.6 Å². The highest BCUT2D eigenvalue weighted by molar-refractivity contribution is 6.31. The smallest absolute Gasteiger partial charge is 0.0946 e. The van der Waals surface area contributed by atoms with E-state index < -0.39 is 0 Å². The summed E-state index contributed by atoms with van der Waals surface area (Å²) in [6.07, 6.45) is 8.05. The molecule has 0 saturated heterocycles. The minimum atomic E-state index is 0.460. The summed E-state index contributed by atoms with van der Waals surface area (Å²) in [5, 5.41) is 4.59. The number of imidazole rings is 1. The van der Waals surface area contributed by atoms with Gasteiger partial charge < -0.3 is 9.88 Å². The lowest BCUT2D eigenvalue weighted by molar-refractivity contribution is 0.260. The number of hydrogen-bond donors (Lipinski definition) is 1. The Bertz CT molecular complexity index is 547. The molecule has 1 aliphatic rings. The number of aromatic nitrogens is 2. The molecule has 1 unspecified atom stereocenters. The third-order valence-electron chi connectivity index (χ3n) is 4.05. The molecule has 1 atom stereocenters. The number of benzene rings is 1. The number of halogens is 1. The second-order valence-corrected chi connectivity index (χ2v) is 6.12. The van der Waals surface area contributed by atoms with Crippen molar-refractivity contribution in [2.75, 3.05) is 0 Å². The predicted octanol–water partition coefficient (Wildman–Crippen LogP) is 3.46. The van der Waals surface area contributed by atoms with Crippen LogP contribution in [0.3, 0.4) is 0 Å². The fraction of sp³-hybridized carbons (Fsp3) is 0.438. The first-order valence-corrected chi connectivity index (χ1v) is 7.56. The molecule has 3 nitrogen and oxygen atoms in total. The molecule has 4 heteroatoms. The van der Waals surface area contributed by atoms with Crippen LogP contribution in [0.2, 0.25) is 5.02 Å². The van der Waals surface area contributed by atoms with E-state index in [9.17, 15) is 0 Å². The highest BCUT2D eigenvalue weighted by Crippen LogP contribution is 2.40. The Balaban J connectivity index is 1.47. The molecule has 20 heavy (non-hydrogen) atoms. The second-order valence-electron chi connectivity index (χ2n) is 5.71. The van der Waals surface area contributed by atoms with Gasteiger partial charge in [-0.25, -0.2) is 4.98 Å². The molecule has 0 aliphatic heterocycles. The highest BCUT2D eigenvalue weighted by Gasteiger charge is 2.31. The summed E-state index contributed by atoms with van der Waals surface area (Å²) in [5.74, 6) is 0.613. The quantitative estimate of drug-likeness (QED) is 0.913. The van der Waals surface area contributed by atoms with Gasteiger partial charge in [0.05, 0.1) is 6.33 Å². The van der Waals surface area contributed by atoms with E-state index in [-0.39, 0.29) is 0 Å². The molecule has 106 valence electrons. The van der Waals surface area contributed by atoms with E-state index in [2.05, 4.69) is 33.9 Å². The van der Waals surface area contributed by atoms with Crippen LogP contribution in [-0.4, -0.2) is 21.6 Å². The fourth-order valence-corrected chi connectivity index (χ4v) is 3.27. The van der Waals surface area contributed by atoms with Gasteiger partial charge in [0.25, 0.3) is 0 Å². The largest absolute Gasteiger partial charge is 0.336 e. The molecule has 1 saturated carbocycles. The molecule has 1 aromatic heterocycles. The molecule has 1 aromatic carbocycles. The number of nitrogens with one attached hydrogen (secondary N) is 1. The molecule has 0 radical (unpaired) electrons. The summed E-state index contributed by atoms with van der Waals surface area (Å²) < 4.78 is 2.11. The molecular formula is C16H20ClN3. The lowest BCUT2D eigenvalue weighted by Gasteiger charge is -2.38. The van der Waals surface area contributed by atoms with Crippen molar-refractivity contribution < 1.29 is 0 Å². The van der Waals surface area contributed by atoms with Gasteiger partial charge in [0.15, 0.2) is 0 Å². The van der Waals surface area contributed by atoms with Crippen LogP contribution in [0, 0.1) is 0 Å². The molecule has 1 heterocycles. The van der Waals surface area contributed by atoms with Gasteiger partial charge in [-0.2, -0.15) is 0 Å². The minimum absolute atomic E-state index is 0.460. The van der Waals surface area contributed by atoms with Crippen molar-refractivity contribution in [1.82, 2.24) is 14.9 Å². The van der Waals surface area contributed by atoms with Crippen LogP contribution in [-0.2, 0) is 6.54 Å². The van der Waals surface area contributed by atoms with Crippen molar-refractivity contribution in [3.8, 4) is 0 Å². The number of nitrogens with zero attached hydrogens (tertiary/aromatic N) is 2. The maximum absolute atomic E-state index is 6.25. The van der Waals surface area contributed by atoms with Gasteiger partial charge in [0, 0.05) is 36.0 Å². The van der Waals surface area contributed by atoms with E-state index >= 15 is 0 Å². The SMILES string of the molecule is CC(Cn1ccnc1)NC1CC(c2ccccc2Cl)C1. The Morgan fingerprint density at radius 2 is 2.20 bits per heavy atom. The highest BCUT2D eigenvalue weighted by atomic mass is 35.5. The van der Waals surface area contributed by atoms with Gasteiger partial charge in [-0.1, -0.05) is 29.8 Å². The Hall–Kier alpha value is -1.32. The van der Waals surface area contributed by atoms with Crippen LogP contribution in [0.15, 0.2) is 43.0 Å². The molecule has 0 spiro atoms. The average Bonchev–Trinajstić information content (AvgIpc) is 2.87. The van der Waals surface area contributed by atoms with Gasteiger partial charge in [-0.05, 0) is 37.3 Å². The van der Waals surface area contributed by atoms with E-state index in [0.29, 0.717) is 18.0 Å². The maximum Gasteiger partial charge on any atom is 0.0946 e. The second kappa shape index (κ2) is 5.98. The van der Waals surface area contributed by atoms with E-state index in [1.807, 2.05) is 30.9 Å². The maximum atomic E-state index is 6.25. The molecule has 3 rings (SSSR count). The van der Waals surface area contributed by atoms with Crippen molar-refractivity contribution in [3.05, 3.63) is 53.6 Å². The third kappa shape index (κ3) is 3.05. The lowest BCUT2D eigenvalue weighted by atomic mass is 9.75. The zero-order valence-corrected chi connectivity index (χ0v) is 12.4. The summed E-state index contributed by atoms with van der Waals surface area (Å²) >= 11 is 6.25. The Labute approximate surface area is 125 Å². The predicted molar refractivity (Wildman–Crippen MR) is 82.0 cm³/mol. The van der Waals surface area contributed by atoms with Crippen LogP contribution in [0.5, 0.6) is 0 Å². The van der Waals surface area contributed by atoms with Crippen molar-refractivity contribution in [3.63, 3.8) is 0 Å². The zero-order valence-electron chi connectivity index (χ0n) is 11.7. The zero-order chi connectivity index (χ0) is 13.9. The van der Waals surface area contributed by atoms with E-state index in [1.165, 1.54) is 18.4 Å². The summed E-state index contributed by atoms with van der Waals surface area (Å²) in [6.45, 7) is 3.19. The van der Waals surface area contributed by atoms with Crippen molar-refractivity contribution in [2.45, 2.75) is 44.3 Å². The van der Waals surface area contributed by atoms with E-state index in [4.69, 9.17) is 11.6 Å². The number of hydrogen-bond acceptors (Lipinski definition) is 2. The minimum Gasteiger partial charge on any atom is -0.336 e. The van der Waals surface area contributed by atoms with Crippen molar-refractivity contribution in [1.29, 1.82) is 0 Å². The van der Waals surface area contributed by atoms with Gasteiger partial charge in [-0.15, -0.1) is 0 Å². The Kier molecular flexibility index (Phi) is 4.08. The Morgan fingerprint density at radius 3 is 2.90 bits per heavy atom. The molecular weight excluding hydrogens is 270 g/mol. The summed E-state index contributed by atoms with van der Waals surface area (Å²) in [5.41, 5.74) is 1.30. The van der Waals surface area contributed by atoms with Crippen molar-refractivity contribution >= 4 is 11.6 Å². The van der Waals surface area contributed by atoms with E-state index in [0.717, 1.165) is 11.6 Å². The van der Waals surface area contributed by atoms with E-state index in [1.54, 1.807) is 0 Å². The van der Waals surface area contributed by atoms with Gasteiger partial charge in [0.1, 0.15) is 0 Å². The molecule has 1 N–H and O–H groups in total. The standard InChI is InChI=1S/C16H20ClN3/c1-12(10-20-7-6-18-11-20)19-14-8-13(9-14)15-4-2-3-5-16(15)17/h2-7,11-14,19H,8-10H2,1H3. The van der Waals surface area contributed by atoms with Gasteiger partial charge in [0.2, 0.25) is 0 Å². The normalized spacial score (nSPS) is 23.3. The molecule has 1 fully saturated rings. The van der Waals surface area contributed by atoms with Crippen LogP contribution in [0.25, 0.3) is 0 Å². The third-order valence-corrected chi connectivity index (χ3v) is 4.39. The summed E-state index contributed by atoms with van der Waals surface area (Å²) in [7, 11) is 0. The van der Waals surface area contributed by atoms with Crippen molar-refractivity contribution in [2.24, 2.45) is 0 Å². The summed E-state index contributed by atoms with van der Waals surface area (Å²) in [6, 6.07) is 9.27. The molecule has 0 bridgehead atoms. The molecule has 0 amide bonds. The van der Waals surface area contributed by atoms with Gasteiger partial charge in [-0.3, -0.25) is 0 Å². The first-order chi connectivity index (χ1) is 9.72. The van der Waals surface area contributed by atoms with Crippen LogP contribution < -0.4 is 5.32 Å². The fourth-order valence-electron chi connectivity index (χ4n) is 2.98.